The van der Waals surface area contributed by atoms with E-state index in [1.54, 1.807) is 24.5 Å². The van der Waals surface area contributed by atoms with E-state index in [1.165, 1.54) is 4.57 Å². The third-order valence-electron chi connectivity index (χ3n) is 0.919. The molecule has 2 nitrogen and oxygen atoms in total. The van der Waals surface area contributed by atoms with E-state index in [1.807, 2.05) is 6.07 Å². The SMILES string of the molecule is O=C(Cl)[n+]1ccccc1.[Cl-]. The lowest BCUT2D eigenvalue weighted by Crippen LogP contribution is -3.00. The highest BCUT2D eigenvalue weighted by molar-refractivity contribution is 6.60. The van der Waals surface area contributed by atoms with Gasteiger partial charge in [-0.3, -0.25) is 0 Å². The summed E-state index contributed by atoms with van der Waals surface area (Å²) in [5.41, 5.74) is 0. The predicted octanol–water partition coefficient (Wildman–Crippen LogP) is -1.81. The lowest BCUT2D eigenvalue weighted by molar-refractivity contribution is -0.562. The summed E-state index contributed by atoms with van der Waals surface area (Å²) in [5.74, 6) is 0. The first kappa shape index (κ1) is 9.40. The van der Waals surface area contributed by atoms with Crippen LogP contribution >= 0.6 is 11.6 Å². The molecule has 0 aliphatic carbocycles. The fourth-order valence-electron chi connectivity index (χ4n) is 0.516. The molecule has 0 spiro atoms. The number of hydrogen-bond donors (Lipinski definition) is 0. The summed E-state index contributed by atoms with van der Waals surface area (Å²) in [7, 11) is 0. The molecule has 1 aromatic heterocycles. The first-order valence-electron chi connectivity index (χ1n) is 2.47. The van der Waals surface area contributed by atoms with Crippen molar-refractivity contribution in [2.75, 3.05) is 0 Å². The van der Waals surface area contributed by atoms with E-state index in [4.69, 9.17) is 11.6 Å². The monoisotopic (exact) mass is 177 g/mol. The Bertz CT molecular complexity index is 212. The molecule has 54 valence electrons. The molecule has 4 heteroatoms. The largest absolute Gasteiger partial charge is 1.00 e. The molecule has 0 atom stereocenters. The van der Waals surface area contributed by atoms with E-state index in [0.29, 0.717) is 0 Å². The Morgan fingerprint density at radius 1 is 1.20 bits per heavy atom. The minimum atomic E-state index is -0.490. The Labute approximate surface area is 69.8 Å². The second-order valence-corrected chi connectivity index (χ2v) is 1.86. The summed E-state index contributed by atoms with van der Waals surface area (Å²) in [4.78, 5) is 10.4. The molecule has 1 heterocycles. The number of nitrogens with zero attached hydrogens (tertiary/aromatic N) is 1. The summed E-state index contributed by atoms with van der Waals surface area (Å²) in [6, 6.07) is 5.29. The minimum Gasteiger partial charge on any atom is -1.00 e. The van der Waals surface area contributed by atoms with Crippen LogP contribution < -0.4 is 17.0 Å². The molecule has 0 N–H and O–H groups in total. The fourth-order valence-corrected chi connectivity index (χ4v) is 0.629. The van der Waals surface area contributed by atoms with Crippen LogP contribution in [-0.4, -0.2) is 5.37 Å². The van der Waals surface area contributed by atoms with Crippen molar-refractivity contribution in [1.29, 1.82) is 0 Å². The highest BCUT2D eigenvalue weighted by Gasteiger charge is 2.05. The van der Waals surface area contributed by atoms with Crippen molar-refractivity contribution in [3.8, 4) is 0 Å². The van der Waals surface area contributed by atoms with Crippen molar-refractivity contribution in [3.05, 3.63) is 30.6 Å². The second-order valence-electron chi connectivity index (χ2n) is 1.54. The van der Waals surface area contributed by atoms with E-state index in [0.717, 1.165) is 0 Å². The van der Waals surface area contributed by atoms with Gasteiger partial charge in [0.15, 0.2) is 12.4 Å². The van der Waals surface area contributed by atoms with Gasteiger partial charge in [0.05, 0.1) is 0 Å². The Morgan fingerprint density at radius 2 is 1.70 bits per heavy atom. The van der Waals surface area contributed by atoms with Gasteiger partial charge < -0.3 is 12.4 Å². The molecule has 1 aromatic rings. The van der Waals surface area contributed by atoms with E-state index in [-0.39, 0.29) is 12.4 Å². The van der Waals surface area contributed by atoms with Gasteiger partial charge in [0.25, 0.3) is 0 Å². The highest BCUT2D eigenvalue weighted by Crippen LogP contribution is 1.80. The third kappa shape index (κ3) is 2.33. The van der Waals surface area contributed by atoms with E-state index in [9.17, 15) is 4.79 Å². The van der Waals surface area contributed by atoms with Crippen molar-refractivity contribution in [2.45, 2.75) is 0 Å². The topological polar surface area (TPSA) is 20.9 Å². The molecule has 0 radical (unpaired) electrons. The van der Waals surface area contributed by atoms with Crippen LogP contribution in [0.1, 0.15) is 0 Å². The molecule has 0 saturated heterocycles. The quantitative estimate of drug-likeness (QED) is 0.338. The minimum absolute atomic E-state index is 0. The first-order valence-corrected chi connectivity index (χ1v) is 2.84. The molecule has 0 aliphatic rings. The Morgan fingerprint density at radius 3 is 2.00 bits per heavy atom. The maximum Gasteiger partial charge on any atom is 0.491 e. The van der Waals surface area contributed by atoms with Crippen LogP contribution in [-0.2, 0) is 0 Å². The number of rotatable bonds is 0. The number of halogens is 2. The van der Waals surface area contributed by atoms with Gasteiger partial charge in [0.1, 0.15) is 0 Å². The van der Waals surface area contributed by atoms with Gasteiger partial charge in [-0.15, -0.1) is 4.57 Å². The predicted molar refractivity (Wildman–Crippen MR) is 33.3 cm³/mol. The van der Waals surface area contributed by atoms with Gasteiger partial charge in [-0.05, 0) is 0 Å². The van der Waals surface area contributed by atoms with Gasteiger partial charge in [0, 0.05) is 23.7 Å². The fraction of sp³-hybridized carbons (Fsp3) is 0. The summed E-state index contributed by atoms with van der Waals surface area (Å²) >= 11 is 5.13. The molecule has 1 rings (SSSR count). The average molecular weight is 178 g/mol. The van der Waals surface area contributed by atoms with Gasteiger partial charge in [0.2, 0.25) is 0 Å². The molecule has 0 fully saturated rings. The Balaban J connectivity index is 0.000000810. The van der Waals surface area contributed by atoms with Gasteiger partial charge >= 0.3 is 5.37 Å². The zero-order chi connectivity index (χ0) is 6.69. The molecular weight excluding hydrogens is 173 g/mol. The van der Waals surface area contributed by atoms with Crippen LogP contribution in [0.25, 0.3) is 0 Å². The molecule has 0 aromatic carbocycles. The van der Waals surface area contributed by atoms with Crippen molar-refractivity contribution < 1.29 is 21.8 Å². The summed E-state index contributed by atoms with van der Waals surface area (Å²) in [6.45, 7) is 0. The number of carbonyl (C=O) groups is 1. The zero-order valence-electron chi connectivity index (χ0n) is 5.00. The smallest absolute Gasteiger partial charge is 0.491 e. The highest BCUT2D eigenvalue weighted by atomic mass is 35.5. The normalized spacial score (nSPS) is 8.10. The van der Waals surface area contributed by atoms with Gasteiger partial charge in [-0.25, -0.2) is 4.79 Å². The molecule has 10 heavy (non-hydrogen) atoms. The molecular formula is C6H5Cl2NO. The van der Waals surface area contributed by atoms with Crippen LogP contribution in [0.4, 0.5) is 4.79 Å². The molecule has 0 bridgehead atoms. The lowest BCUT2D eigenvalue weighted by atomic mass is 10.5. The lowest BCUT2D eigenvalue weighted by Gasteiger charge is -1.80. The summed E-state index contributed by atoms with van der Waals surface area (Å²) < 4.78 is 1.29. The first-order chi connectivity index (χ1) is 4.30. The maximum atomic E-state index is 10.4. The standard InChI is InChI=1S/C6H5ClNO.ClH/c7-6(9)8-4-2-1-3-5-8;/h1-5H;1H/q+1;/p-1. The number of pyridine rings is 1. The molecule has 0 aliphatic heterocycles. The van der Waals surface area contributed by atoms with Crippen molar-refractivity contribution >= 4 is 17.0 Å². The third-order valence-corrected chi connectivity index (χ3v) is 1.11. The van der Waals surface area contributed by atoms with Crippen LogP contribution in [0.2, 0.25) is 0 Å². The van der Waals surface area contributed by atoms with Crippen molar-refractivity contribution in [3.63, 3.8) is 0 Å². The van der Waals surface area contributed by atoms with Gasteiger partial charge in [-0.2, -0.15) is 0 Å². The van der Waals surface area contributed by atoms with E-state index >= 15 is 0 Å². The number of aromatic nitrogens is 1. The van der Waals surface area contributed by atoms with Crippen molar-refractivity contribution in [2.24, 2.45) is 0 Å². The molecule has 0 unspecified atom stereocenters. The van der Waals surface area contributed by atoms with Crippen molar-refractivity contribution in [1.82, 2.24) is 0 Å². The number of hydrogen-bond acceptors (Lipinski definition) is 1. The Hall–Kier alpha value is -0.600. The second kappa shape index (κ2) is 4.25. The van der Waals surface area contributed by atoms with Gasteiger partial charge in [-0.1, -0.05) is 6.07 Å². The van der Waals surface area contributed by atoms with E-state index in [2.05, 4.69) is 0 Å². The van der Waals surface area contributed by atoms with Crippen LogP contribution in [0.3, 0.4) is 0 Å². The zero-order valence-corrected chi connectivity index (χ0v) is 6.51. The average Bonchev–Trinajstić information content (AvgIpc) is 1.90. The van der Waals surface area contributed by atoms with E-state index < -0.39 is 5.37 Å². The molecule has 0 saturated carbocycles. The maximum absolute atomic E-state index is 10.4. The Kier molecular flexibility index (Phi) is 4.00. The summed E-state index contributed by atoms with van der Waals surface area (Å²) in [6.07, 6.45) is 3.19. The molecule has 0 amide bonds. The van der Waals surface area contributed by atoms with Crippen LogP contribution in [0.15, 0.2) is 30.6 Å². The number of carbonyl (C=O) groups excluding carboxylic acids is 1. The van der Waals surface area contributed by atoms with Crippen LogP contribution in [0, 0.1) is 0 Å². The van der Waals surface area contributed by atoms with Crippen LogP contribution in [0.5, 0.6) is 0 Å². The summed E-state index contributed by atoms with van der Waals surface area (Å²) in [5, 5.41) is -0.490.